The van der Waals surface area contributed by atoms with Crippen molar-refractivity contribution in [2.75, 3.05) is 4.90 Å². The lowest BCUT2D eigenvalue weighted by Gasteiger charge is -2.27. The molecule has 1 aliphatic rings. The number of barbiturate groups is 1. The average molecular weight is 484 g/mol. The van der Waals surface area contributed by atoms with Crippen molar-refractivity contribution in [3.8, 4) is 0 Å². The number of carbonyl (C=O) groups is 3. The van der Waals surface area contributed by atoms with Crippen molar-refractivity contribution < 1.29 is 14.4 Å². The highest BCUT2D eigenvalue weighted by molar-refractivity contribution is 6.40. The van der Waals surface area contributed by atoms with Crippen LogP contribution in [0.4, 0.5) is 10.5 Å². The first-order valence-corrected chi connectivity index (χ1v) is 11.5. The van der Waals surface area contributed by atoms with Crippen LogP contribution < -0.4 is 10.2 Å². The molecule has 4 amide bonds. The molecule has 1 N–H and O–H groups in total. The van der Waals surface area contributed by atoms with Crippen molar-refractivity contribution >= 4 is 52.1 Å². The van der Waals surface area contributed by atoms with E-state index < -0.39 is 17.8 Å². The molecule has 1 saturated heterocycles. The Morgan fingerprint density at radius 1 is 0.914 bits per heavy atom. The number of imide groups is 2. The van der Waals surface area contributed by atoms with Gasteiger partial charge in [-0.15, -0.1) is 0 Å². The maximum Gasteiger partial charge on any atom is 0.335 e. The molecule has 5 rings (SSSR count). The zero-order valence-electron chi connectivity index (χ0n) is 19.2. The third-order valence-electron chi connectivity index (χ3n) is 6.17. The molecule has 0 unspecified atom stereocenters. The molecular formula is C28H22ClN3O3. The first-order chi connectivity index (χ1) is 16.8. The molecule has 1 fully saturated rings. The van der Waals surface area contributed by atoms with Gasteiger partial charge in [0, 0.05) is 34.2 Å². The molecule has 6 nitrogen and oxygen atoms in total. The number of hydrogen-bond donors (Lipinski definition) is 1. The normalized spacial score (nSPS) is 15.2. The minimum atomic E-state index is -0.802. The lowest BCUT2D eigenvalue weighted by atomic mass is 10.1. The molecular weight excluding hydrogens is 462 g/mol. The van der Waals surface area contributed by atoms with Crippen molar-refractivity contribution in [1.29, 1.82) is 0 Å². The van der Waals surface area contributed by atoms with Gasteiger partial charge in [-0.2, -0.15) is 0 Å². The second kappa shape index (κ2) is 8.89. The van der Waals surface area contributed by atoms with Gasteiger partial charge in [0.25, 0.3) is 11.8 Å². The van der Waals surface area contributed by atoms with Crippen molar-refractivity contribution in [2.45, 2.75) is 20.4 Å². The standard InChI is InChI=1S/C28H22ClN3O3/c1-17-10-12-19(13-11-17)15-31-16-20(21-6-3-4-8-25(21)31)14-22-26(33)30-28(35)32(27(22)34)24-9-5-7-23(29)18(24)2/h3-14,16H,15H2,1-2H3,(H,30,33,35)/b22-14+. The Labute approximate surface area is 207 Å². The number of fused-ring (bicyclic) bond motifs is 1. The number of urea groups is 1. The van der Waals surface area contributed by atoms with E-state index >= 15 is 0 Å². The molecule has 0 atom stereocenters. The third-order valence-corrected chi connectivity index (χ3v) is 6.58. The number of aryl methyl sites for hydroxylation is 1. The van der Waals surface area contributed by atoms with Gasteiger partial charge in [-0.25, -0.2) is 9.69 Å². The number of aromatic nitrogens is 1. The predicted molar refractivity (Wildman–Crippen MR) is 137 cm³/mol. The number of rotatable bonds is 4. The van der Waals surface area contributed by atoms with E-state index in [1.165, 1.54) is 5.56 Å². The Morgan fingerprint density at radius 2 is 1.66 bits per heavy atom. The number of nitrogens with zero attached hydrogens (tertiary/aromatic N) is 2. The highest BCUT2D eigenvalue weighted by Gasteiger charge is 2.37. The fourth-order valence-electron chi connectivity index (χ4n) is 4.28. The molecule has 1 aromatic heterocycles. The van der Waals surface area contributed by atoms with Crippen molar-refractivity contribution in [3.63, 3.8) is 0 Å². The van der Waals surface area contributed by atoms with E-state index in [1.54, 1.807) is 31.2 Å². The Kier molecular flexibility index (Phi) is 5.75. The van der Waals surface area contributed by atoms with Crippen LogP contribution in [0.15, 0.2) is 78.5 Å². The number of halogens is 1. The van der Waals surface area contributed by atoms with Crippen LogP contribution in [-0.4, -0.2) is 22.4 Å². The minimum Gasteiger partial charge on any atom is -0.342 e. The van der Waals surface area contributed by atoms with Crippen molar-refractivity contribution in [3.05, 3.63) is 106 Å². The third kappa shape index (κ3) is 4.13. The summed E-state index contributed by atoms with van der Waals surface area (Å²) < 4.78 is 2.08. The van der Waals surface area contributed by atoms with Crippen LogP contribution >= 0.6 is 11.6 Å². The number of carbonyl (C=O) groups excluding carboxylic acids is 3. The number of para-hydroxylation sites is 1. The zero-order chi connectivity index (χ0) is 24.7. The molecule has 7 heteroatoms. The lowest BCUT2D eigenvalue weighted by Crippen LogP contribution is -2.54. The fourth-order valence-corrected chi connectivity index (χ4v) is 4.45. The number of nitrogens with one attached hydrogen (secondary N) is 1. The van der Waals surface area contributed by atoms with Gasteiger partial charge >= 0.3 is 6.03 Å². The summed E-state index contributed by atoms with van der Waals surface area (Å²) in [6.45, 7) is 4.40. The molecule has 0 bridgehead atoms. The average Bonchev–Trinajstić information content (AvgIpc) is 3.18. The summed E-state index contributed by atoms with van der Waals surface area (Å²) in [6, 6.07) is 20.3. The van der Waals surface area contributed by atoms with Crippen molar-refractivity contribution in [2.24, 2.45) is 0 Å². The van der Waals surface area contributed by atoms with Gasteiger partial charge < -0.3 is 4.57 Å². The summed E-state index contributed by atoms with van der Waals surface area (Å²) in [5.74, 6) is -1.43. The fraction of sp³-hybridized carbons (Fsp3) is 0.107. The Balaban J connectivity index is 1.58. The van der Waals surface area contributed by atoms with E-state index in [4.69, 9.17) is 11.6 Å². The van der Waals surface area contributed by atoms with Crippen molar-refractivity contribution in [1.82, 2.24) is 9.88 Å². The van der Waals surface area contributed by atoms with E-state index in [0.717, 1.165) is 21.4 Å². The summed E-state index contributed by atoms with van der Waals surface area (Å²) in [5.41, 5.74) is 4.79. The number of hydrogen-bond acceptors (Lipinski definition) is 3. The smallest absolute Gasteiger partial charge is 0.335 e. The highest BCUT2D eigenvalue weighted by Crippen LogP contribution is 2.31. The molecule has 0 radical (unpaired) electrons. The number of benzene rings is 3. The van der Waals surface area contributed by atoms with Crippen LogP contribution in [0.1, 0.15) is 22.3 Å². The van der Waals surface area contributed by atoms with Crippen LogP contribution in [0.2, 0.25) is 5.02 Å². The number of amides is 4. The molecule has 0 saturated carbocycles. The SMILES string of the molecule is Cc1ccc(Cn2cc(/C=C3\C(=O)NC(=O)N(c4cccc(Cl)c4C)C3=O)c3ccccc32)cc1. The second-order valence-electron chi connectivity index (χ2n) is 8.56. The summed E-state index contributed by atoms with van der Waals surface area (Å²) in [4.78, 5) is 39.7. The highest BCUT2D eigenvalue weighted by atomic mass is 35.5. The van der Waals surface area contributed by atoms with E-state index in [2.05, 4.69) is 34.1 Å². The van der Waals surface area contributed by atoms with Gasteiger partial charge in [0.05, 0.1) is 5.69 Å². The van der Waals surface area contributed by atoms with Crippen LogP contribution in [0.25, 0.3) is 17.0 Å². The quantitative estimate of drug-likeness (QED) is 0.302. The van der Waals surface area contributed by atoms with Crippen LogP contribution in [0.5, 0.6) is 0 Å². The number of anilines is 1. The van der Waals surface area contributed by atoms with Gasteiger partial charge in [0.15, 0.2) is 0 Å². The molecule has 174 valence electrons. The second-order valence-corrected chi connectivity index (χ2v) is 8.96. The Morgan fingerprint density at radius 3 is 2.43 bits per heavy atom. The molecule has 0 spiro atoms. The van der Waals surface area contributed by atoms with Crippen LogP contribution in [0.3, 0.4) is 0 Å². The van der Waals surface area contributed by atoms with E-state index in [0.29, 0.717) is 28.4 Å². The predicted octanol–water partition coefficient (Wildman–Crippen LogP) is 5.63. The molecule has 0 aliphatic carbocycles. The maximum absolute atomic E-state index is 13.4. The minimum absolute atomic E-state index is 0.123. The first-order valence-electron chi connectivity index (χ1n) is 11.1. The van der Waals surface area contributed by atoms with Gasteiger partial charge in [0.1, 0.15) is 5.57 Å². The van der Waals surface area contributed by atoms with Gasteiger partial charge in [-0.05, 0) is 49.2 Å². The monoisotopic (exact) mass is 483 g/mol. The molecule has 3 aromatic carbocycles. The topological polar surface area (TPSA) is 71.4 Å². The van der Waals surface area contributed by atoms with E-state index in [9.17, 15) is 14.4 Å². The largest absolute Gasteiger partial charge is 0.342 e. The van der Waals surface area contributed by atoms with Gasteiger partial charge in [0.2, 0.25) is 0 Å². The lowest BCUT2D eigenvalue weighted by molar-refractivity contribution is -0.122. The summed E-state index contributed by atoms with van der Waals surface area (Å²) in [5, 5.41) is 3.60. The Bertz CT molecular complexity index is 1530. The summed E-state index contributed by atoms with van der Waals surface area (Å²) >= 11 is 6.21. The summed E-state index contributed by atoms with van der Waals surface area (Å²) in [7, 11) is 0. The maximum atomic E-state index is 13.4. The Hall–Kier alpha value is -4.16. The molecule has 1 aliphatic heterocycles. The van der Waals surface area contributed by atoms with E-state index in [1.807, 2.05) is 37.4 Å². The van der Waals surface area contributed by atoms with E-state index in [-0.39, 0.29) is 5.57 Å². The molecule has 2 heterocycles. The summed E-state index contributed by atoms with van der Waals surface area (Å²) in [6.07, 6.45) is 3.47. The van der Waals surface area contributed by atoms with Gasteiger partial charge in [-0.3, -0.25) is 14.9 Å². The van der Waals surface area contributed by atoms with Crippen LogP contribution in [-0.2, 0) is 16.1 Å². The first kappa shape index (κ1) is 22.6. The van der Waals surface area contributed by atoms with Gasteiger partial charge in [-0.1, -0.05) is 65.7 Å². The zero-order valence-corrected chi connectivity index (χ0v) is 20.0. The molecule has 35 heavy (non-hydrogen) atoms. The van der Waals surface area contributed by atoms with Crippen LogP contribution in [0, 0.1) is 13.8 Å². The molecule has 4 aromatic rings.